The average molecular weight is 309 g/mol. The fourth-order valence-corrected chi connectivity index (χ4v) is 3.69. The maximum absolute atomic E-state index is 12.2. The van der Waals surface area contributed by atoms with Crippen LogP contribution < -0.4 is 4.72 Å². The SMILES string of the molecule is N#Cc1ncccc1S(=O)(=O)NCC1(CC(=O)O)CCC1. The van der Waals surface area contributed by atoms with Gasteiger partial charge in [-0.2, -0.15) is 5.26 Å². The number of carboxylic acids is 1. The first-order chi connectivity index (χ1) is 9.88. The molecule has 0 spiro atoms. The van der Waals surface area contributed by atoms with E-state index in [2.05, 4.69) is 9.71 Å². The zero-order valence-electron chi connectivity index (χ0n) is 11.2. The molecule has 0 amide bonds. The maximum Gasteiger partial charge on any atom is 0.303 e. The smallest absolute Gasteiger partial charge is 0.303 e. The summed E-state index contributed by atoms with van der Waals surface area (Å²) in [6.07, 6.45) is 3.54. The number of carboxylic acid groups (broad SMARTS) is 1. The minimum absolute atomic E-state index is 0.0569. The van der Waals surface area contributed by atoms with Gasteiger partial charge in [0.2, 0.25) is 10.0 Å². The highest BCUT2D eigenvalue weighted by Crippen LogP contribution is 2.43. The van der Waals surface area contributed by atoms with Crippen LogP contribution >= 0.6 is 0 Å². The summed E-state index contributed by atoms with van der Waals surface area (Å²) in [4.78, 5) is 14.4. The molecular weight excluding hydrogens is 294 g/mol. The second-order valence-corrected chi connectivity index (χ2v) is 6.95. The first-order valence-electron chi connectivity index (χ1n) is 6.45. The van der Waals surface area contributed by atoms with E-state index in [1.165, 1.54) is 18.3 Å². The van der Waals surface area contributed by atoms with E-state index in [1.807, 2.05) is 0 Å². The lowest BCUT2D eigenvalue weighted by Gasteiger charge is -2.40. The monoisotopic (exact) mass is 309 g/mol. The number of carbonyl (C=O) groups is 1. The lowest BCUT2D eigenvalue weighted by Crippen LogP contribution is -2.43. The molecule has 0 aromatic carbocycles. The number of aromatic nitrogens is 1. The Morgan fingerprint density at radius 3 is 2.76 bits per heavy atom. The van der Waals surface area contributed by atoms with E-state index < -0.39 is 21.4 Å². The van der Waals surface area contributed by atoms with Gasteiger partial charge in [0.1, 0.15) is 11.0 Å². The van der Waals surface area contributed by atoms with Crippen molar-refractivity contribution in [3.05, 3.63) is 24.0 Å². The van der Waals surface area contributed by atoms with Crippen LogP contribution in [-0.4, -0.2) is 31.0 Å². The third kappa shape index (κ3) is 3.37. The van der Waals surface area contributed by atoms with Crippen molar-refractivity contribution in [3.8, 4) is 6.07 Å². The predicted molar refractivity (Wildman–Crippen MR) is 72.7 cm³/mol. The van der Waals surface area contributed by atoms with E-state index >= 15 is 0 Å². The molecule has 8 heteroatoms. The van der Waals surface area contributed by atoms with E-state index in [-0.39, 0.29) is 23.6 Å². The Bertz CT molecular complexity index is 690. The Morgan fingerprint density at radius 1 is 1.52 bits per heavy atom. The molecule has 0 aliphatic heterocycles. The highest BCUT2D eigenvalue weighted by atomic mass is 32.2. The summed E-state index contributed by atoms with van der Waals surface area (Å²) in [6.45, 7) is 0.0569. The Hall–Kier alpha value is -1.98. The van der Waals surface area contributed by atoms with Crippen LogP contribution in [0.4, 0.5) is 0 Å². The molecule has 1 aliphatic rings. The van der Waals surface area contributed by atoms with Crippen molar-refractivity contribution in [1.29, 1.82) is 5.26 Å². The highest BCUT2D eigenvalue weighted by molar-refractivity contribution is 7.89. The van der Waals surface area contributed by atoms with Gasteiger partial charge in [-0.25, -0.2) is 18.1 Å². The van der Waals surface area contributed by atoms with Gasteiger partial charge in [-0.1, -0.05) is 6.42 Å². The Balaban J connectivity index is 2.15. The van der Waals surface area contributed by atoms with Gasteiger partial charge in [0.25, 0.3) is 0 Å². The van der Waals surface area contributed by atoms with Crippen molar-refractivity contribution in [2.45, 2.75) is 30.6 Å². The second kappa shape index (κ2) is 5.79. The van der Waals surface area contributed by atoms with Crippen molar-refractivity contribution in [3.63, 3.8) is 0 Å². The molecule has 0 saturated heterocycles. The van der Waals surface area contributed by atoms with Gasteiger partial charge >= 0.3 is 5.97 Å². The van der Waals surface area contributed by atoms with Crippen LogP contribution in [0.3, 0.4) is 0 Å². The van der Waals surface area contributed by atoms with E-state index in [1.54, 1.807) is 6.07 Å². The van der Waals surface area contributed by atoms with Gasteiger partial charge in [0.15, 0.2) is 5.69 Å². The molecule has 1 aromatic rings. The second-order valence-electron chi connectivity index (χ2n) is 5.21. The van der Waals surface area contributed by atoms with Gasteiger partial charge < -0.3 is 5.11 Å². The Kier molecular flexibility index (Phi) is 4.25. The summed E-state index contributed by atoms with van der Waals surface area (Å²) < 4.78 is 26.9. The molecule has 1 heterocycles. The van der Waals surface area contributed by atoms with Crippen LogP contribution in [0.15, 0.2) is 23.2 Å². The molecule has 2 rings (SSSR count). The van der Waals surface area contributed by atoms with Crippen LogP contribution in [0.5, 0.6) is 0 Å². The fraction of sp³-hybridized carbons (Fsp3) is 0.462. The van der Waals surface area contributed by atoms with Gasteiger partial charge in [-0.3, -0.25) is 4.79 Å². The molecule has 112 valence electrons. The van der Waals surface area contributed by atoms with Crippen molar-refractivity contribution in [2.75, 3.05) is 6.54 Å². The standard InChI is InChI=1S/C13H15N3O4S/c14-8-10-11(3-1-6-15-10)21(19,20)16-9-13(4-2-5-13)7-12(17)18/h1,3,6,16H,2,4-5,7,9H2,(H,17,18). The van der Waals surface area contributed by atoms with Gasteiger partial charge in [0, 0.05) is 12.7 Å². The Labute approximate surface area is 122 Å². The van der Waals surface area contributed by atoms with Crippen molar-refractivity contribution >= 4 is 16.0 Å². The number of rotatable bonds is 6. The summed E-state index contributed by atoms with van der Waals surface area (Å²) >= 11 is 0. The predicted octanol–water partition coefficient (Wildman–Crippen LogP) is 0.877. The maximum atomic E-state index is 12.2. The summed E-state index contributed by atoms with van der Waals surface area (Å²) in [5, 5.41) is 17.8. The lowest BCUT2D eigenvalue weighted by molar-refractivity contribution is -0.141. The van der Waals surface area contributed by atoms with Gasteiger partial charge in [-0.15, -0.1) is 0 Å². The van der Waals surface area contributed by atoms with E-state index in [4.69, 9.17) is 10.4 Å². The number of sulfonamides is 1. The number of aliphatic carboxylic acids is 1. The number of nitriles is 1. The zero-order valence-corrected chi connectivity index (χ0v) is 12.1. The number of nitrogens with one attached hydrogen (secondary N) is 1. The fourth-order valence-electron chi connectivity index (χ4n) is 2.43. The summed E-state index contributed by atoms with van der Waals surface area (Å²) in [7, 11) is -3.88. The van der Waals surface area contributed by atoms with Crippen molar-refractivity contribution < 1.29 is 18.3 Å². The molecule has 0 unspecified atom stereocenters. The van der Waals surface area contributed by atoms with Gasteiger partial charge in [-0.05, 0) is 30.4 Å². The summed E-state index contributed by atoms with van der Waals surface area (Å²) in [6, 6.07) is 4.47. The number of pyridine rings is 1. The molecule has 1 fully saturated rings. The topological polar surface area (TPSA) is 120 Å². The summed E-state index contributed by atoms with van der Waals surface area (Å²) in [5.74, 6) is -0.937. The number of hydrogen-bond donors (Lipinski definition) is 2. The molecule has 2 N–H and O–H groups in total. The number of hydrogen-bond acceptors (Lipinski definition) is 5. The Morgan fingerprint density at radius 2 is 2.24 bits per heavy atom. The quantitative estimate of drug-likeness (QED) is 0.804. The molecule has 21 heavy (non-hydrogen) atoms. The van der Waals surface area contributed by atoms with Gasteiger partial charge in [0.05, 0.1) is 6.42 Å². The van der Waals surface area contributed by atoms with E-state index in [9.17, 15) is 13.2 Å². The van der Waals surface area contributed by atoms with E-state index in [0.29, 0.717) is 12.8 Å². The van der Waals surface area contributed by atoms with Crippen LogP contribution in [0.2, 0.25) is 0 Å². The molecule has 7 nitrogen and oxygen atoms in total. The highest BCUT2D eigenvalue weighted by Gasteiger charge is 2.40. The number of nitrogens with zero attached hydrogens (tertiary/aromatic N) is 2. The molecule has 1 aromatic heterocycles. The lowest BCUT2D eigenvalue weighted by atomic mass is 9.67. The molecule has 0 radical (unpaired) electrons. The summed E-state index contributed by atoms with van der Waals surface area (Å²) in [5.41, 5.74) is -0.695. The normalized spacial score (nSPS) is 16.7. The largest absolute Gasteiger partial charge is 0.481 e. The van der Waals surface area contributed by atoms with Crippen LogP contribution in [0.25, 0.3) is 0 Å². The van der Waals surface area contributed by atoms with Crippen molar-refractivity contribution in [1.82, 2.24) is 9.71 Å². The van der Waals surface area contributed by atoms with Crippen LogP contribution in [0.1, 0.15) is 31.4 Å². The van der Waals surface area contributed by atoms with Crippen molar-refractivity contribution in [2.24, 2.45) is 5.41 Å². The minimum atomic E-state index is -3.88. The molecule has 0 bridgehead atoms. The van der Waals surface area contributed by atoms with Crippen LogP contribution in [-0.2, 0) is 14.8 Å². The zero-order chi connectivity index (χ0) is 15.5. The molecular formula is C13H15N3O4S. The molecule has 1 aliphatic carbocycles. The first-order valence-corrected chi connectivity index (χ1v) is 7.93. The third-order valence-corrected chi connectivity index (χ3v) is 5.18. The minimum Gasteiger partial charge on any atom is -0.481 e. The van der Waals surface area contributed by atoms with Crippen LogP contribution in [0, 0.1) is 16.7 Å². The van der Waals surface area contributed by atoms with E-state index in [0.717, 1.165) is 6.42 Å². The third-order valence-electron chi connectivity index (χ3n) is 3.74. The molecule has 0 atom stereocenters. The average Bonchev–Trinajstić information content (AvgIpc) is 2.41. The first kappa shape index (κ1) is 15.4. The molecule has 1 saturated carbocycles.